The molecule has 0 atom stereocenters. The largest absolute Gasteiger partial charge is 0.497 e. The summed E-state index contributed by atoms with van der Waals surface area (Å²) in [5.74, 6) is 0.974. The molecule has 0 aromatic heterocycles. The number of hydrogen-bond donors (Lipinski definition) is 0. The van der Waals surface area contributed by atoms with Crippen molar-refractivity contribution in [3.63, 3.8) is 0 Å². The van der Waals surface area contributed by atoms with E-state index in [9.17, 15) is 4.79 Å². The number of ether oxygens (including phenoxy) is 1. The molecule has 108 valence electrons. The van der Waals surface area contributed by atoms with E-state index in [1.165, 1.54) is 24.0 Å². The second kappa shape index (κ2) is 6.13. The third-order valence-corrected chi connectivity index (χ3v) is 4.17. The van der Waals surface area contributed by atoms with Crippen LogP contribution in [0.3, 0.4) is 0 Å². The average Bonchev–Trinajstić information content (AvgIpc) is 2.54. The average molecular weight is 280 g/mol. The van der Waals surface area contributed by atoms with Crippen LogP contribution >= 0.6 is 0 Å². The second-order valence-electron chi connectivity index (χ2n) is 5.64. The summed E-state index contributed by atoms with van der Waals surface area (Å²) in [6.07, 6.45) is 5.19. The van der Waals surface area contributed by atoms with Gasteiger partial charge in [-0.3, -0.25) is 4.79 Å². The van der Waals surface area contributed by atoms with Crippen LogP contribution in [-0.4, -0.2) is 12.9 Å². The van der Waals surface area contributed by atoms with Crippen molar-refractivity contribution in [2.24, 2.45) is 0 Å². The predicted molar refractivity (Wildman–Crippen MR) is 84.1 cm³/mol. The molecule has 2 aromatic carbocycles. The Morgan fingerprint density at radius 3 is 2.67 bits per heavy atom. The monoisotopic (exact) mass is 280 g/mol. The topological polar surface area (TPSA) is 26.3 Å². The summed E-state index contributed by atoms with van der Waals surface area (Å²) in [5, 5.41) is 0. The molecule has 2 nitrogen and oxygen atoms in total. The van der Waals surface area contributed by atoms with Crippen LogP contribution in [0, 0.1) is 0 Å². The maximum Gasteiger partial charge on any atom is 0.167 e. The van der Waals surface area contributed by atoms with E-state index in [1.54, 1.807) is 7.11 Å². The third-order valence-electron chi connectivity index (χ3n) is 4.17. The number of ketones is 1. The van der Waals surface area contributed by atoms with Gasteiger partial charge in [-0.25, -0.2) is 0 Å². The first-order chi connectivity index (χ1) is 10.3. The first-order valence-electron chi connectivity index (χ1n) is 7.54. The normalized spacial score (nSPS) is 13.6. The summed E-state index contributed by atoms with van der Waals surface area (Å²) in [6, 6.07) is 13.9. The van der Waals surface area contributed by atoms with Crippen molar-refractivity contribution in [2.75, 3.05) is 7.11 Å². The molecule has 0 fully saturated rings. The van der Waals surface area contributed by atoms with Crippen LogP contribution in [-0.2, 0) is 19.3 Å². The first-order valence-corrected chi connectivity index (χ1v) is 7.54. The summed E-state index contributed by atoms with van der Waals surface area (Å²) in [5.41, 5.74) is 4.60. The summed E-state index contributed by atoms with van der Waals surface area (Å²) in [4.78, 5) is 12.5. The van der Waals surface area contributed by atoms with E-state index in [4.69, 9.17) is 4.74 Å². The quantitative estimate of drug-likeness (QED) is 0.791. The molecule has 0 saturated carbocycles. The Morgan fingerprint density at radius 2 is 1.86 bits per heavy atom. The molecule has 0 amide bonds. The minimum Gasteiger partial charge on any atom is -0.497 e. The number of hydrogen-bond acceptors (Lipinski definition) is 2. The molecule has 0 spiro atoms. The smallest absolute Gasteiger partial charge is 0.167 e. The molecule has 0 heterocycles. The zero-order chi connectivity index (χ0) is 14.7. The lowest BCUT2D eigenvalue weighted by Gasteiger charge is -2.16. The van der Waals surface area contributed by atoms with Gasteiger partial charge in [0, 0.05) is 12.0 Å². The van der Waals surface area contributed by atoms with Crippen molar-refractivity contribution in [2.45, 2.75) is 32.1 Å². The molecular formula is C19H20O2. The highest BCUT2D eigenvalue weighted by Crippen LogP contribution is 2.23. The van der Waals surface area contributed by atoms with Crippen molar-refractivity contribution < 1.29 is 9.53 Å². The molecule has 3 rings (SSSR count). The molecule has 21 heavy (non-hydrogen) atoms. The van der Waals surface area contributed by atoms with E-state index in [0.717, 1.165) is 29.7 Å². The number of benzene rings is 2. The number of carbonyl (C=O) groups excluding carboxylic acids is 1. The van der Waals surface area contributed by atoms with E-state index in [2.05, 4.69) is 12.1 Å². The lowest BCUT2D eigenvalue weighted by Crippen LogP contribution is -2.08. The van der Waals surface area contributed by atoms with Crippen LogP contribution in [0.25, 0.3) is 0 Å². The van der Waals surface area contributed by atoms with Gasteiger partial charge in [-0.05, 0) is 60.6 Å². The van der Waals surface area contributed by atoms with Crippen LogP contribution < -0.4 is 4.74 Å². The molecule has 0 saturated heterocycles. The Hall–Kier alpha value is -2.09. The molecule has 0 aliphatic heterocycles. The van der Waals surface area contributed by atoms with Crippen LogP contribution in [0.2, 0.25) is 0 Å². The zero-order valence-corrected chi connectivity index (χ0v) is 12.4. The number of fused-ring (bicyclic) bond motifs is 1. The van der Waals surface area contributed by atoms with Gasteiger partial charge >= 0.3 is 0 Å². The van der Waals surface area contributed by atoms with Gasteiger partial charge < -0.3 is 4.74 Å². The molecule has 0 bridgehead atoms. The summed E-state index contributed by atoms with van der Waals surface area (Å²) >= 11 is 0. The van der Waals surface area contributed by atoms with Gasteiger partial charge in [-0.1, -0.05) is 24.3 Å². The zero-order valence-electron chi connectivity index (χ0n) is 12.4. The molecule has 0 N–H and O–H groups in total. The lowest BCUT2D eigenvalue weighted by atomic mass is 9.89. The Balaban J connectivity index is 1.78. The van der Waals surface area contributed by atoms with Crippen LogP contribution in [0.1, 0.15) is 39.9 Å². The van der Waals surface area contributed by atoms with Gasteiger partial charge in [-0.15, -0.1) is 0 Å². The number of carbonyl (C=O) groups is 1. The Labute approximate surface area is 125 Å². The lowest BCUT2D eigenvalue weighted by molar-refractivity contribution is 0.0993. The van der Waals surface area contributed by atoms with E-state index in [1.807, 2.05) is 30.3 Å². The van der Waals surface area contributed by atoms with E-state index < -0.39 is 0 Å². The van der Waals surface area contributed by atoms with Crippen molar-refractivity contribution in [3.8, 4) is 5.75 Å². The summed E-state index contributed by atoms with van der Waals surface area (Å²) < 4.78 is 5.21. The molecule has 1 aliphatic carbocycles. The molecule has 1 aliphatic rings. The third kappa shape index (κ3) is 3.15. The number of methoxy groups -OCH3 is 1. The number of rotatable bonds is 4. The number of aryl methyl sites for hydroxylation is 2. The van der Waals surface area contributed by atoms with Gasteiger partial charge in [0.1, 0.15) is 5.75 Å². The highest BCUT2D eigenvalue weighted by atomic mass is 16.5. The fraction of sp³-hybridized carbons (Fsp3) is 0.316. The predicted octanol–water partition coefficient (Wildman–Crippen LogP) is 4.00. The summed E-state index contributed by atoms with van der Waals surface area (Å²) in [7, 11) is 1.64. The van der Waals surface area contributed by atoms with Crippen LogP contribution in [0.4, 0.5) is 0 Å². The van der Waals surface area contributed by atoms with E-state index in [-0.39, 0.29) is 5.78 Å². The van der Waals surface area contributed by atoms with Crippen LogP contribution in [0.15, 0.2) is 42.5 Å². The minimum absolute atomic E-state index is 0.177. The highest BCUT2D eigenvalue weighted by molar-refractivity contribution is 5.97. The maximum atomic E-state index is 12.5. The second-order valence-corrected chi connectivity index (χ2v) is 5.64. The Morgan fingerprint density at radius 1 is 1.05 bits per heavy atom. The van der Waals surface area contributed by atoms with Gasteiger partial charge in [-0.2, -0.15) is 0 Å². The van der Waals surface area contributed by atoms with Crippen LogP contribution in [0.5, 0.6) is 5.75 Å². The van der Waals surface area contributed by atoms with Gasteiger partial charge in [0.2, 0.25) is 0 Å². The molecule has 2 aromatic rings. The number of Topliss-reactive ketones (excluding diaryl/α,β-unsaturated/α-hetero) is 1. The fourth-order valence-electron chi connectivity index (χ4n) is 2.98. The highest BCUT2D eigenvalue weighted by Gasteiger charge is 2.13. The fourth-order valence-corrected chi connectivity index (χ4v) is 2.98. The van der Waals surface area contributed by atoms with Gasteiger partial charge in [0.25, 0.3) is 0 Å². The molecule has 2 heteroatoms. The van der Waals surface area contributed by atoms with Crippen molar-refractivity contribution in [1.82, 2.24) is 0 Å². The molecule has 0 radical (unpaired) electrons. The molecular weight excluding hydrogens is 260 g/mol. The van der Waals surface area contributed by atoms with E-state index >= 15 is 0 Å². The Bertz CT molecular complexity index is 658. The van der Waals surface area contributed by atoms with Crippen molar-refractivity contribution >= 4 is 5.78 Å². The maximum absolute atomic E-state index is 12.5. The standard InChI is InChI=1S/C19H20O2/c1-21-18-8-4-5-14(11-18)12-19(20)17-10-9-15-6-2-3-7-16(15)13-17/h4-5,8-11,13H,2-3,6-7,12H2,1H3. The Kier molecular flexibility index (Phi) is 4.05. The molecule has 0 unspecified atom stereocenters. The van der Waals surface area contributed by atoms with Gasteiger partial charge in [0.05, 0.1) is 7.11 Å². The first kappa shape index (κ1) is 13.9. The van der Waals surface area contributed by atoms with Gasteiger partial charge in [0.15, 0.2) is 5.78 Å². The minimum atomic E-state index is 0.177. The van der Waals surface area contributed by atoms with Crippen molar-refractivity contribution in [3.05, 3.63) is 64.7 Å². The van der Waals surface area contributed by atoms with Crippen molar-refractivity contribution in [1.29, 1.82) is 0 Å². The summed E-state index contributed by atoms with van der Waals surface area (Å²) in [6.45, 7) is 0. The SMILES string of the molecule is COc1cccc(CC(=O)c2ccc3c(c2)CCCC3)c1. The van der Waals surface area contributed by atoms with E-state index in [0.29, 0.717) is 6.42 Å².